The molecule has 0 spiro atoms. The van der Waals surface area contributed by atoms with Gasteiger partial charge in [0, 0.05) is 50.2 Å². The summed E-state index contributed by atoms with van der Waals surface area (Å²) in [5, 5.41) is 0. The first-order valence-corrected chi connectivity index (χ1v) is 13.1. The van der Waals surface area contributed by atoms with Crippen LogP contribution in [0.3, 0.4) is 0 Å². The zero-order valence-corrected chi connectivity index (χ0v) is 22.6. The van der Waals surface area contributed by atoms with Gasteiger partial charge in [-0.3, -0.25) is 9.59 Å². The molecule has 0 atom stereocenters. The Hall–Kier alpha value is -3.94. The van der Waals surface area contributed by atoms with E-state index in [1.807, 2.05) is 35.2 Å². The third-order valence-corrected chi connectivity index (χ3v) is 6.75. The third-order valence-electron chi connectivity index (χ3n) is 6.75. The fourth-order valence-electron chi connectivity index (χ4n) is 4.37. The SMILES string of the molecule is CCCN(CC1CC1)C(=O)c1cnc(-c2cccc(C(=O)N(C)CCc3ccc(OC)c(OC)c3)c2)nc1. The number of carbonyl (C=O) groups is 2. The van der Waals surface area contributed by atoms with Gasteiger partial charge in [-0.05, 0) is 61.4 Å². The molecule has 0 unspecified atom stereocenters. The van der Waals surface area contributed by atoms with Crippen molar-refractivity contribution in [3.8, 4) is 22.9 Å². The number of likely N-dealkylation sites (N-methyl/N-ethyl adjacent to an activating group) is 1. The standard InChI is InChI=1S/C30H36N4O4/c1-5-14-34(20-22-9-10-22)30(36)25-18-31-28(32-19-25)23-7-6-8-24(17-23)29(35)33(2)15-13-21-11-12-26(37-3)27(16-21)38-4/h6-8,11-12,16-19,22H,5,9-10,13-15,20H2,1-4H3. The highest BCUT2D eigenvalue weighted by atomic mass is 16.5. The number of nitrogens with zero attached hydrogens (tertiary/aromatic N) is 4. The molecule has 8 nitrogen and oxygen atoms in total. The smallest absolute Gasteiger partial charge is 0.256 e. The van der Waals surface area contributed by atoms with Gasteiger partial charge in [0.05, 0.1) is 19.8 Å². The maximum atomic E-state index is 13.1. The minimum atomic E-state index is -0.0885. The molecule has 0 saturated heterocycles. The highest BCUT2D eigenvalue weighted by Crippen LogP contribution is 2.30. The van der Waals surface area contributed by atoms with Crippen molar-refractivity contribution < 1.29 is 19.1 Å². The lowest BCUT2D eigenvalue weighted by Gasteiger charge is -2.21. The van der Waals surface area contributed by atoms with Gasteiger partial charge < -0.3 is 19.3 Å². The highest BCUT2D eigenvalue weighted by Gasteiger charge is 2.27. The van der Waals surface area contributed by atoms with Gasteiger partial charge >= 0.3 is 0 Å². The number of carbonyl (C=O) groups excluding carboxylic acids is 2. The average Bonchev–Trinajstić information content (AvgIpc) is 3.79. The topological polar surface area (TPSA) is 84.9 Å². The zero-order valence-electron chi connectivity index (χ0n) is 22.6. The van der Waals surface area contributed by atoms with Crippen LogP contribution in [0.4, 0.5) is 0 Å². The normalized spacial score (nSPS) is 12.6. The molecule has 1 aromatic heterocycles. The molecule has 38 heavy (non-hydrogen) atoms. The molecular formula is C30H36N4O4. The first-order chi connectivity index (χ1) is 18.4. The molecule has 200 valence electrons. The van der Waals surface area contributed by atoms with E-state index in [1.165, 1.54) is 12.8 Å². The van der Waals surface area contributed by atoms with Crippen molar-refractivity contribution >= 4 is 11.8 Å². The molecule has 3 aromatic rings. The van der Waals surface area contributed by atoms with Crippen LogP contribution in [0.2, 0.25) is 0 Å². The summed E-state index contributed by atoms with van der Waals surface area (Å²) < 4.78 is 10.7. The Morgan fingerprint density at radius 2 is 1.66 bits per heavy atom. The number of ether oxygens (including phenoxy) is 2. The Kier molecular flexibility index (Phi) is 8.94. The Balaban J connectivity index is 1.40. The van der Waals surface area contributed by atoms with E-state index in [2.05, 4.69) is 16.9 Å². The summed E-state index contributed by atoms with van der Waals surface area (Å²) in [6, 6.07) is 13.0. The fraction of sp³-hybridized carbons (Fsp3) is 0.400. The zero-order chi connectivity index (χ0) is 27.1. The van der Waals surface area contributed by atoms with Crippen molar-refractivity contribution in [2.75, 3.05) is 40.9 Å². The van der Waals surface area contributed by atoms with Crippen molar-refractivity contribution in [2.45, 2.75) is 32.6 Å². The molecule has 0 radical (unpaired) electrons. The number of hydrogen-bond donors (Lipinski definition) is 0. The molecular weight excluding hydrogens is 480 g/mol. The van der Waals surface area contributed by atoms with E-state index in [1.54, 1.807) is 50.7 Å². The van der Waals surface area contributed by atoms with E-state index in [0.717, 1.165) is 30.6 Å². The lowest BCUT2D eigenvalue weighted by Crippen LogP contribution is -2.33. The molecule has 2 amide bonds. The van der Waals surface area contributed by atoms with Crippen molar-refractivity contribution in [2.24, 2.45) is 5.92 Å². The molecule has 1 saturated carbocycles. The van der Waals surface area contributed by atoms with Crippen molar-refractivity contribution in [1.29, 1.82) is 0 Å². The average molecular weight is 517 g/mol. The molecule has 1 aliphatic rings. The summed E-state index contributed by atoms with van der Waals surface area (Å²) in [5.41, 5.74) is 2.82. The predicted molar refractivity (Wildman–Crippen MR) is 147 cm³/mol. The van der Waals surface area contributed by atoms with Crippen LogP contribution in [0.25, 0.3) is 11.4 Å². The van der Waals surface area contributed by atoms with E-state index in [0.29, 0.717) is 47.3 Å². The second-order valence-electron chi connectivity index (χ2n) is 9.74. The lowest BCUT2D eigenvalue weighted by atomic mass is 10.1. The summed E-state index contributed by atoms with van der Waals surface area (Å²) in [6.45, 7) is 4.16. The van der Waals surface area contributed by atoms with E-state index in [9.17, 15) is 9.59 Å². The van der Waals surface area contributed by atoms with Crippen LogP contribution in [0, 0.1) is 5.92 Å². The first-order valence-electron chi connectivity index (χ1n) is 13.1. The molecule has 1 heterocycles. The number of benzene rings is 2. The molecule has 0 N–H and O–H groups in total. The van der Waals surface area contributed by atoms with E-state index >= 15 is 0 Å². The minimum absolute atomic E-state index is 0.0228. The largest absolute Gasteiger partial charge is 0.493 e. The van der Waals surface area contributed by atoms with Gasteiger partial charge in [0.15, 0.2) is 17.3 Å². The van der Waals surface area contributed by atoms with Crippen LogP contribution in [0.1, 0.15) is 52.5 Å². The summed E-state index contributed by atoms with van der Waals surface area (Å²) in [4.78, 5) is 38.6. The van der Waals surface area contributed by atoms with Crippen molar-refractivity contribution in [1.82, 2.24) is 19.8 Å². The summed E-state index contributed by atoms with van der Waals surface area (Å²) >= 11 is 0. The highest BCUT2D eigenvalue weighted by molar-refractivity contribution is 5.95. The quantitative estimate of drug-likeness (QED) is 0.346. The van der Waals surface area contributed by atoms with Gasteiger partial charge in [-0.25, -0.2) is 9.97 Å². The molecule has 1 fully saturated rings. The minimum Gasteiger partial charge on any atom is -0.493 e. The van der Waals surface area contributed by atoms with Gasteiger partial charge in [0.25, 0.3) is 11.8 Å². The third kappa shape index (κ3) is 6.68. The van der Waals surface area contributed by atoms with Crippen LogP contribution < -0.4 is 9.47 Å². The van der Waals surface area contributed by atoms with Crippen LogP contribution in [-0.2, 0) is 6.42 Å². The Labute approximate surface area is 224 Å². The molecule has 0 bridgehead atoms. The van der Waals surface area contributed by atoms with Gasteiger partial charge in [0.1, 0.15) is 0 Å². The summed E-state index contributed by atoms with van der Waals surface area (Å²) in [5.74, 6) is 2.34. The number of hydrogen-bond acceptors (Lipinski definition) is 6. The Morgan fingerprint density at radius 1 is 0.921 bits per heavy atom. The van der Waals surface area contributed by atoms with Crippen molar-refractivity contribution in [3.05, 3.63) is 71.5 Å². The summed E-state index contributed by atoms with van der Waals surface area (Å²) in [7, 11) is 5.00. The van der Waals surface area contributed by atoms with E-state index in [-0.39, 0.29) is 11.8 Å². The monoisotopic (exact) mass is 516 g/mol. The number of methoxy groups -OCH3 is 2. The van der Waals surface area contributed by atoms with Gasteiger partial charge in [-0.15, -0.1) is 0 Å². The Bertz CT molecular complexity index is 1260. The molecule has 1 aliphatic carbocycles. The van der Waals surface area contributed by atoms with Crippen molar-refractivity contribution in [3.63, 3.8) is 0 Å². The first kappa shape index (κ1) is 27.1. The van der Waals surface area contributed by atoms with Gasteiger partial charge in [0.2, 0.25) is 0 Å². The van der Waals surface area contributed by atoms with Crippen LogP contribution >= 0.6 is 0 Å². The van der Waals surface area contributed by atoms with Crippen LogP contribution in [0.5, 0.6) is 11.5 Å². The molecule has 0 aliphatic heterocycles. The van der Waals surface area contributed by atoms with E-state index in [4.69, 9.17) is 9.47 Å². The number of amides is 2. The predicted octanol–water partition coefficient (Wildman–Crippen LogP) is 4.74. The maximum Gasteiger partial charge on any atom is 0.256 e. The molecule has 4 rings (SSSR count). The maximum absolute atomic E-state index is 13.1. The Morgan fingerprint density at radius 3 is 2.32 bits per heavy atom. The molecule has 8 heteroatoms. The van der Waals surface area contributed by atoms with Crippen LogP contribution in [0.15, 0.2) is 54.9 Å². The second-order valence-corrected chi connectivity index (χ2v) is 9.74. The molecule has 2 aromatic carbocycles. The van der Waals surface area contributed by atoms with E-state index < -0.39 is 0 Å². The van der Waals surface area contributed by atoms with Gasteiger partial charge in [-0.2, -0.15) is 0 Å². The fourth-order valence-corrected chi connectivity index (χ4v) is 4.37. The summed E-state index contributed by atoms with van der Waals surface area (Å²) in [6.07, 6.45) is 7.17. The second kappa shape index (κ2) is 12.5. The number of rotatable bonds is 12. The number of aromatic nitrogens is 2. The van der Waals surface area contributed by atoms with Crippen LogP contribution in [-0.4, -0.2) is 72.5 Å². The van der Waals surface area contributed by atoms with Gasteiger partial charge in [-0.1, -0.05) is 25.1 Å². The lowest BCUT2D eigenvalue weighted by molar-refractivity contribution is 0.0746.